The van der Waals surface area contributed by atoms with Gasteiger partial charge in [-0.1, -0.05) is 42.5 Å². The van der Waals surface area contributed by atoms with Crippen LogP contribution < -0.4 is 15.4 Å². The summed E-state index contributed by atoms with van der Waals surface area (Å²) in [7, 11) is 1.61. The first-order valence-electron chi connectivity index (χ1n) is 8.90. The van der Waals surface area contributed by atoms with Gasteiger partial charge in [0.05, 0.1) is 7.11 Å². The van der Waals surface area contributed by atoms with Crippen LogP contribution in [0.25, 0.3) is 0 Å². The van der Waals surface area contributed by atoms with Crippen molar-refractivity contribution in [3.05, 3.63) is 89.5 Å². The maximum absolute atomic E-state index is 13.1. The Morgan fingerprint density at radius 3 is 2.22 bits per heavy atom. The van der Waals surface area contributed by atoms with Crippen molar-refractivity contribution in [2.75, 3.05) is 17.7 Å². The predicted octanol–water partition coefficient (Wildman–Crippen LogP) is 5.10. The van der Waals surface area contributed by atoms with E-state index in [0.29, 0.717) is 11.4 Å². The zero-order valence-corrected chi connectivity index (χ0v) is 15.8. The summed E-state index contributed by atoms with van der Waals surface area (Å²) in [5.41, 5.74) is 4.82. The summed E-state index contributed by atoms with van der Waals surface area (Å²) < 4.78 is 5.24. The zero-order chi connectivity index (χ0) is 19.2. The van der Waals surface area contributed by atoms with Crippen molar-refractivity contribution >= 4 is 17.3 Å². The first-order valence-corrected chi connectivity index (χ1v) is 8.90. The number of methoxy groups -OCH3 is 1. The molecule has 2 N–H and O–H groups in total. The Morgan fingerprint density at radius 2 is 1.56 bits per heavy atom. The van der Waals surface area contributed by atoms with Crippen LogP contribution in [0, 0.1) is 13.8 Å². The highest BCUT2D eigenvalue weighted by molar-refractivity contribution is 5.97. The molecular weight excluding hydrogens is 336 g/mol. The Hall–Kier alpha value is -3.27. The van der Waals surface area contributed by atoms with Crippen LogP contribution in [0.2, 0.25) is 0 Å². The Kier molecular flexibility index (Phi) is 5.77. The molecule has 0 aliphatic carbocycles. The second-order valence-electron chi connectivity index (χ2n) is 6.59. The molecule has 0 fully saturated rings. The van der Waals surface area contributed by atoms with Gasteiger partial charge in [0, 0.05) is 17.4 Å². The maximum Gasteiger partial charge on any atom is 0.251 e. The summed E-state index contributed by atoms with van der Waals surface area (Å²) in [4.78, 5) is 13.1. The molecule has 0 bridgehead atoms. The van der Waals surface area contributed by atoms with Crippen LogP contribution in [0.1, 0.15) is 22.7 Å². The molecule has 0 aromatic heterocycles. The van der Waals surface area contributed by atoms with Crippen molar-refractivity contribution in [3.63, 3.8) is 0 Å². The molecule has 3 aromatic carbocycles. The van der Waals surface area contributed by atoms with E-state index in [1.165, 1.54) is 0 Å². The van der Waals surface area contributed by atoms with Crippen LogP contribution in [0.5, 0.6) is 5.75 Å². The van der Waals surface area contributed by atoms with Gasteiger partial charge in [-0.25, -0.2) is 0 Å². The van der Waals surface area contributed by atoms with E-state index in [9.17, 15) is 4.79 Å². The summed E-state index contributed by atoms with van der Waals surface area (Å²) in [5.74, 6) is 0.569. The maximum atomic E-state index is 13.1. The molecule has 0 aliphatic rings. The molecule has 1 amide bonds. The molecular formula is C23H24N2O2. The molecule has 3 rings (SSSR count). The average Bonchev–Trinajstić information content (AvgIpc) is 2.66. The average molecular weight is 360 g/mol. The van der Waals surface area contributed by atoms with Gasteiger partial charge in [-0.15, -0.1) is 0 Å². The van der Waals surface area contributed by atoms with Gasteiger partial charge >= 0.3 is 0 Å². The standard InChI is InChI=1S/C23H24N2O2/c1-16-12-17(2)14-20(13-16)24-22(18-8-5-4-6-9-18)23(26)25-19-10-7-11-21(15-19)27-3/h4-15,22,24H,1-3H3,(H,25,26)/t22-/m0/s1. The molecule has 4 heteroatoms. The van der Waals surface area contributed by atoms with Crippen molar-refractivity contribution in [1.82, 2.24) is 0 Å². The highest BCUT2D eigenvalue weighted by atomic mass is 16.5. The number of hydrogen-bond donors (Lipinski definition) is 2. The van der Waals surface area contributed by atoms with E-state index < -0.39 is 6.04 Å². The summed E-state index contributed by atoms with van der Waals surface area (Å²) >= 11 is 0. The minimum absolute atomic E-state index is 0.131. The molecule has 4 nitrogen and oxygen atoms in total. The van der Waals surface area contributed by atoms with Gasteiger partial charge in [0.25, 0.3) is 5.91 Å². The third-order valence-corrected chi connectivity index (χ3v) is 4.27. The van der Waals surface area contributed by atoms with Gasteiger partial charge in [-0.2, -0.15) is 0 Å². The first-order chi connectivity index (χ1) is 13.0. The summed E-state index contributed by atoms with van der Waals surface area (Å²) in [6, 6.07) is 22.7. The van der Waals surface area contributed by atoms with Crippen LogP contribution in [-0.2, 0) is 4.79 Å². The van der Waals surface area contributed by atoms with E-state index in [0.717, 1.165) is 22.4 Å². The lowest BCUT2D eigenvalue weighted by atomic mass is 10.0. The number of carbonyl (C=O) groups excluding carboxylic acids is 1. The lowest BCUT2D eigenvalue weighted by molar-refractivity contribution is -0.117. The summed E-state index contributed by atoms with van der Waals surface area (Å²) in [6.45, 7) is 4.10. The van der Waals surface area contributed by atoms with Crippen LogP contribution in [-0.4, -0.2) is 13.0 Å². The van der Waals surface area contributed by atoms with E-state index in [2.05, 4.69) is 16.7 Å². The van der Waals surface area contributed by atoms with Gasteiger partial charge in [0.15, 0.2) is 0 Å². The number of amides is 1. The largest absolute Gasteiger partial charge is 0.497 e. The minimum Gasteiger partial charge on any atom is -0.497 e. The number of benzene rings is 3. The Morgan fingerprint density at radius 1 is 0.852 bits per heavy atom. The second-order valence-corrected chi connectivity index (χ2v) is 6.59. The fourth-order valence-electron chi connectivity index (χ4n) is 3.09. The number of rotatable bonds is 6. The van der Waals surface area contributed by atoms with Crippen LogP contribution in [0.3, 0.4) is 0 Å². The minimum atomic E-state index is -0.515. The molecule has 0 saturated heterocycles. The molecule has 0 saturated carbocycles. The number of anilines is 2. The van der Waals surface area contributed by atoms with E-state index in [1.54, 1.807) is 13.2 Å². The highest BCUT2D eigenvalue weighted by Gasteiger charge is 2.21. The summed E-state index contributed by atoms with van der Waals surface area (Å²) in [5, 5.41) is 6.37. The molecule has 27 heavy (non-hydrogen) atoms. The van der Waals surface area contributed by atoms with Crippen LogP contribution in [0.4, 0.5) is 11.4 Å². The van der Waals surface area contributed by atoms with Crippen molar-refractivity contribution in [2.45, 2.75) is 19.9 Å². The third kappa shape index (κ3) is 4.88. The lowest BCUT2D eigenvalue weighted by Gasteiger charge is -2.21. The lowest BCUT2D eigenvalue weighted by Crippen LogP contribution is -2.27. The van der Waals surface area contributed by atoms with Gasteiger partial charge in [0.2, 0.25) is 0 Å². The van der Waals surface area contributed by atoms with E-state index in [1.807, 2.05) is 74.5 Å². The van der Waals surface area contributed by atoms with Crippen molar-refractivity contribution in [3.8, 4) is 5.75 Å². The summed E-state index contributed by atoms with van der Waals surface area (Å²) in [6.07, 6.45) is 0. The normalized spacial score (nSPS) is 11.5. The number of ether oxygens (including phenoxy) is 1. The second kappa shape index (κ2) is 8.41. The zero-order valence-electron chi connectivity index (χ0n) is 15.8. The van der Waals surface area contributed by atoms with E-state index in [4.69, 9.17) is 4.74 Å². The van der Waals surface area contributed by atoms with Gasteiger partial charge in [-0.05, 0) is 54.8 Å². The molecule has 0 aliphatic heterocycles. The van der Waals surface area contributed by atoms with E-state index >= 15 is 0 Å². The number of carbonyl (C=O) groups is 1. The molecule has 0 heterocycles. The Bertz CT molecular complexity index is 902. The van der Waals surface area contributed by atoms with E-state index in [-0.39, 0.29) is 5.91 Å². The van der Waals surface area contributed by atoms with Crippen molar-refractivity contribution in [1.29, 1.82) is 0 Å². The Labute approximate surface area is 160 Å². The molecule has 1 atom stereocenters. The fourth-order valence-corrected chi connectivity index (χ4v) is 3.09. The topological polar surface area (TPSA) is 50.4 Å². The van der Waals surface area contributed by atoms with Crippen LogP contribution in [0.15, 0.2) is 72.8 Å². The third-order valence-electron chi connectivity index (χ3n) is 4.27. The smallest absolute Gasteiger partial charge is 0.251 e. The highest BCUT2D eigenvalue weighted by Crippen LogP contribution is 2.24. The van der Waals surface area contributed by atoms with Gasteiger partial charge in [0.1, 0.15) is 11.8 Å². The van der Waals surface area contributed by atoms with Gasteiger partial charge in [-0.3, -0.25) is 4.79 Å². The molecule has 138 valence electrons. The Balaban J connectivity index is 1.88. The van der Waals surface area contributed by atoms with Crippen LogP contribution >= 0.6 is 0 Å². The fraction of sp³-hybridized carbons (Fsp3) is 0.174. The quantitative estimate of drug-likeness (QED) is 0.643. The number of aryl methyl sites for hydroxylation is 2. The SMILES string of the molecule is COc1cccc(NC(=O)[C@@H](Nc2cc(C)cc(C)c2)c2ccccc2)c1. The first kappa shape index (κ1) is 18.5. The van der Waals surface area contributed by atoms with Gasteiger partial charge < -0.3 is 15.4 Å². The monoisotopic (exact) mass is 360 g/mol. The number of nitrogens with one attached hydrogen (secondary N) is 2. The molecule has 3 aromatic rings. The molecule has 0 unspecified atom stereocenters. The predicted molar refractivity (Wildman–Crippen MR) is 110 cm³/mol. The number of hydrogen-bond acceptors (Lipinski definition) is 3. The van der Waals surface area contributed by atoms with Crippen molar-refractivity contribution in [2.24, 2.45) is 0 Å². The molecule has 0 radical (unpaired) electrons. The van der Waals surface area contributed by atoms with Crippen molar-refractivity contribution < 1.29 is 9.53 Å². The molecule has 0 spiro atoms.